The van der Waals surface area contributed by atoms with Gasteiger partial charge in [0.2, 0.25) is 0 Å². The maximum atomic E-state index is 13.0. The molecule has 0 fully saturated rings. The smallest absolute Gasteiger partial charge is 0.270 e. The number of ether oxygens (including phenoxy) is 3. The van der Waals surface area contributed by atoms with Gasteiger partial charge in [-0.2, -0.15) is 0 Å². The van der Waals surface area contributed by atoms with Gasteiger partial charge in [-0.25, -0.2) is 30.7 Å². The van der Waals surface area contributed by atoms with Crippen molar-refractivity contribution >= 4 is 81.2 Å². The molecule has 11 rings (SSSR count). The summed E-state index contributed by atoms with van der Waals surface area (Å²) >= 11 is 41.1. The molecule has 0 aliphatic rings. The van der Waals surface area contributed by atoms with E-state index in [1.54, 1.807) is 56.7 Å². The van der Waals surface area contributed by atoms with Crippen LogP contribution in [0.5, 0.6) is 17.2 Å². The minimum atomic E-state index is -2.82. The van der Waals surface area contributed by atoms with E-state index in [9.17, 15) is 30.7 Å². The largest absolute Gasteiger partial charge is 0.497 e. The molecule has 0 saturated carbocycles. The molecule has 11 aromatic rings. The molecule has 0 atom stereocenters. The molecule has 0 unspecified atom stereocenters. The summed E-state index contributed by atoms with van der Waals surface area (Å²) in [5.74, 6) is 0.590. The average molecular weight is 1980 g/mol. The normalized spacial score (nSPS) is 11.3. The Balaban J connectivity index is 0.000000744. The summed E-state index contributed by atoms with van der Waals surface area (Å²) in [7, 11) is 3.26. The summed E-state index contributed by atoms with van der Waals surface area (Å²) in [6.45, 7) is 61.8. The highest BCUT2D eigenvalue weighted by atomic mass is 35.5. The average Bonchev–Trinajstić information content (AvgIpc) is 0.807. The van der Waals surface area contributed by atoms with E-state index in [4.69, 9.17) is 98.2 Å². The Morgan fingerprint density at radius 2 is 0.451 bits per heavy atom. The lowest BCUT2D eigenvalue weighted by atomic mass is 9.99. The molecular weight excluding hydrogens is 1820 g/mol. The van der Waals surface area contributed by atoms with Crippen LogP contribution >= 0.6 is 81.2 Å². The highest BCUT2D eigenvalue weighted by Crippen LogP contribution is 2.36. The van der Waals surface area contributed by atoms with E-state index in [1.165, 1.54) is 99.0 Å². The topological polar surface area (TPSA) is 27.7 Å². The van der Waals surface area contributed by atoms with Crippen molar-refractivity contribution in [2.75, 3.05) is 20.8 Å². The maximum absolute atomic E-state index is 13.0. The number of aryl methyl sites for hydroxylation is 7. The Morgan fingerprint density at radius 1 is 0.248 bits per heavy atom. The van der Waals surface area contributed by atoms with E-state index < -0.39 is 18.4 Å². The summed E-state index contributed by atoms with van der Waals surface area (Å²) in [4.78, 5) is 0. The van der Waals surface area contributed by atoms with Gasteiger partial charge >= 0.3 is 0 Å². The lowest BCUT2D eigenvalue weighted by Crippen LogP contribution is -2.07. The number of halogens is 14. The van der Waals surface area contributed by atoms with Gasteiger partial charge in [-0.1, -0.05) is 290 Å². The zero-order valence-corrected chi connectivity index (χ0v) is 90.6. The van der Waals surface area contributed by atoms with Crippen LogP contribution in [0.4, 0.5) is 30.7 Å². The lowest BCUT2D eigenvalue weighted by Gasteiger charge is -2.14. The van der Waals surface area contributed by atoms with Crippen molar-refractivity contribution in [3.05, 3.63) is 364 Å². The molecule has 133 heavy (non-hydrogen) atoms. The van der Waals surface area contributed by atoms with Crippen molar-refractivity contribution in [2.45, 2.75) is 311 Å². The molecule has 0 bridgehead atoms. The number of hydrogen-bond donors (Lipinski definition) is 0. The SMILES string of the molecule is CC(C)c1cc(Cl)cc(C(C)(F)F)c1.CC(C)c1cc(Cl)cc(C(C)(F)F)c1.CCc1cc(Cl)cc(C(C)C)c1.CCc1cc(OC)cc(C(C)C)c1.COc1cc(F)cc(C(C)C)c1.Cc1cc(Cl)cc(C(C)C)c1.Cc1cc(Cl)cc(C(C)C)c1.Cc1cc(Cl)cc(C(C)C)c1.Cc1cc(F)cc(C(C)C)c1.Cc1cc(F)cc(C(C)C)c1.[2H]C([2H])(C)Oc1cc(Cl)cc(C(C)C)c1. The molecule has 0 spiro atoms. The van der Waals surface area contributed by atoms with E-state index in [-0.39, 0.29) is 40.4 Å². The molecular formula is C116H152Cl7F7O3. The standard InChI is InChI=1S/C12H18O.2C11H13ClF2.C11H15ClO.C11H15Cl.3C10H13Cl.C10H13FO.2C10H13F/c1-5-10-6-11(9(2)3)8-12(7-10)13-4;2*1-7(2)8-4-9(11(3,13)14)6-10(12)5-8;1-4-13-11-6-9(8(2)3)5-10(12)7-11;1-4-9-5-10(8(2)3)7-11(12)6-9;3*1-7(2)9-4-8(3)5-10(11)6-9;1-7(2)8-4-9(11)6-10(5-8)12-3;2*1-7(2)9-4-8(3)5-10(11)6-9/h6-9H,5H2,1-4H3;2*4-7H,1-3H3;5-8H,4H2,1-3H3;5-8H,4H2,1-3H3;3*4-7H,1-3H3;4-7H,1-3H3;2*4-7H,1-3H3/i;;;4D2;;;;;;;. The molecule has 0 N–H and O–H groups in total. The summed E-state index contributed by atoms with van der Waals surface area (Å²) in [6, 6.07) is 60.8. The van der Waals surface area contributed by atoms with Crippen LogP contribution in [-0.2, 0) is 24.7 Å². The van der Waals surface area contributed by atoms with E-state index in [0.717, 1.165) is 97.0 Å². The van der Waals surface area contributed by atoms with Crippen LogP contribution in [0.15, 0.2) is 200 Å². The van der Waals surface area contributed by atoms with E-state index in [1.807, 2.05) is 134 Å². The third kappa shape index (κ3) is 50.8. The van der Waals surface area contributed by atoms with Gasteiger partial charge in [0.1, 0.15) is 34.7 Å². The van der Waals surface area contributed by atoms with Gasteiger partial charge in [-0.15, -0.1) is 0 Å². The molecule has 0 radical (unpaired) electrons. The summed E-state index contributed by atoms with van der Waals surface area (Å²) in [5, 5.41) is 4.69. The summed E-state index contributed by atoms with van der Waals surface area (Å²) in [5.41, 5.74) is 20.8. The van der Waals surface area contributed by atoms with Crippen LogP contribution < -0.4 is 14.2 Å². The Labute approximate surface area is 836 Å². The van der Waals surface area contributed by atoms with Crippen LogP contribution in [0.1, 0.15) is 366 Å². The van der Waals surface area contributed by atoms with Crippen molar-refractivity contribution in [1.82, 2.24) is 0 Å². The first-order valence-corrected chi connectivity index (χ1v) is 48.5. The van der Waals surface area contributed by atoms with Crippen LogP contribution in [0.25, 0.3) is 0 Å². The van der Waals surface area contributed by atoms with E-state index >= 15 is 0 Å². The van der Waals surface area contributed by atoms with Crippen molar-refractivity contribution in [2.24, 2.45) is 0 Å². The molecule has 0 aromatic heterocycles. The highest BCUT2D eigenvalue weighted by molar-refractivity contribution is 6.32. The second-order valence-electron chi connectivity index (χ2n) is 37.0. The third-order valence-electron chi connectivity index (χ3n) is 20.8. The van der Waals surface area contributed by atoms with Crippen molar-refractivity contribution in [3.8, 4) is 17.2 Å². The van der Waals surface area contributed by atoms with Gasteiger partial charge < -0.3 is 14.2 Å². The third-order valence-corrected chi connectivity index (χ3v) is 22.3. The number of alkyl halides is 4. The van der Waals surface area contributed by atoms with Crippen LogP contribution in [0, 0.1) is 52.1 Å². The first kappa shape index (κ1) is 120. The molecule has 0 amide bonds. The van der Waals surface area contributed by atoms with Crippen LogP contribution in [0.3, 0.4) is 0 Å². The van der Waals surface area contributed by atoms with Crippen LogP contribution in [0.2, 0.25) is 35.2 Å². The van der Waals surface area contributed by atoms with Crippen molar-refractivity contribution in [1.29, 1.82) is 0 Å². The monoisotopic (exact) mass is 1970 g/mol. The highest BCUT2D eigenvalue weighted by Gasteiger charge is 2.27. The van der Waals surface area contributed by atoms with Gasteiger partial charge in [0.15, 0.2) is 0 Å². The lowest BCUT2D eigenvalue weighted by molar-refractivity contribution is 0.0167. The Hall–Kier alpha value is -7.64. The summed E-state index contributed by atoms with van der Waals surface area (Å²) < 4.78 is 121. The first-order valence-electron chi connectivity index (χ1n) is 46.8. The zero-order valence-electron chi connectivity index (χ0n) is 87.3. The van der Waals surface area contributed by atoms with Gasteiger partial charge in [-0.05, 0) is 371 Å². The molecule has 0 aliphatic carbocycles. The Morgan fingerprint density at radius 3 is 0.707 bits per heavy atom. The van der Waals surface area contributed by atoms with E-state index in [0.29, 0.717) is 79.8 Å². The van der Waals surface area contributed by atoms with Crippen LogP contribution in [-0.4, -0.2) is 20.8 Å². The fraction of sp³-hybridized carbons (Fsp3) is 0.431. The van der Waals surface area contributed by atoms with Crippen molar-refractivity contribution < 1.29 is 47.7 Å². The number of methoxy groups -OCH3 is 2. The van der Waals surface area contributed by atoms with Gasteiger partial charge in [0, 0.05) is 66.2 Å². The summed E-state index contributed by atoms with van der Waals surface area (Å²) in [6.07, 6.45) is 2.12. The predicted molar refractivity (Wildman–Crippen MR) is 567 cm³/mol. The number of benzene rings is 11. The molecule has 0 saturated heterocycles. The quantitative estimate of drug-likeness (QED) is 0.0755. The first-order chi connectivity index (χ1) is 62.3. The molecule has 11 aromatic carbocycles. The second kappa shape index (κ2) is 61.5. The zero-order chi connectivity index (χ0) is 104. The van der Waals surface area contributed by atoms with Gasteiger partial charge in [0.05, 0.1) is 23.5 Å². The minimum absolute atomic E-state index is 0.0197. The Bertz CT molecular complexity index is 4780. The molecule has 17 heteroatoms. The van der Waals surface area contributed by atoms with Crippen molar-refractivity contribution in [3.63, 3.8) is 0 Å². The molecule has 3 nitrogen and oxygen atoms in total. The second-order valence-corrected chi connectivity index (χ2v) is 40.1. The fourth-order valence-corrected chi connectivity index (χ4v) is 14.5. The molecule has 732 valence electrons. The fourth-order valence-electron chi connectivity index (χ4n) is 12.6. The molecule has 0 aliphatic heterocycles. The van der Waals surface area contributed by atoms with Gasteiger partial charge in [0.25, 0.3) is 11.8 Å². The van der Waals surface area contributed by atoms with E-state index in [2.05, 4.69) is 188 Å². The number of hydrogen-bond acceptors (Lipinski definition) is 3. The maximum Gasteiger partial charge on any atom is 0.270 e. The molecule has 0 heterocycles. The Kier molecular flexibility index (Phi) is 55.3. The predicted octanol–water partition coefficient (Wildman–Crippen LogP) is 41.2. The van der Waals surface area contributed by atoms with Gasteiger partial charge in [-0.3, -0.25) is 0 Å². The number of rotatable bonds is 19. The minimum Gasteiger partial charge on any atom is -0.497 e.